The van der Waals surface area contributed by atoms with Gasteiger partial charge in [0.25, 0.3) is 0 Å². The highest BCUT2D eigenvalue weighted by molar-refractivity contribution is 7.84. The zero-order valence-electron chi connectivity index (χ0n) is 41.1. The standard InChI is InChI=1S/C51H72N6O9S/c1-11-57-44-21-20-39(64-27-22-43(54-67(61)50(5,6)7)46(48(59)63-12-2)53-49(60)65-32-36-16-14-13-15-17-36)29-40(44)42(30-51(8,9)33-66-35(4)58)47(57)41-28-38(31-52-45(41)34(3)62-10)56-25-23-55(24-26-56)37-18-19-37/h13-17,20-21,28-29,31,34,37,43,46,54H,11-12,18-19,22-27,30,32-33H2,1-10H3,(H,53,60)/t34-,43+,46-,67+/m0/s1. The molecule has 2 aromatic heterocycles. The lowest BCUT2D eigenvalue weighted by Gasteiger charge is -2.36. The summed E-state index contributed by atoms with van der Waals surface area (Å²) in [7, 11) is 0.0709. The molecule has 3 heterocycles. The van der Waals surface area contributed by atoms with E-state index >= 15 is 0 Å². The molecule has 4 atom stereocenters. The number of methoxy groups -OCH3 is 1. The van der Waals surface area contributed by atoms with E-state index in [-0.39, 0.29) is 44.9 Å². The predicted octanol–water partition coefficient (Wildman–Crippen LogP) is 7.89. The Balaban J connectivity index is 1.35. The average Bonchev–Trinajstić information content (AvgIpc) is 4.12. The molecule has 0 radical (unpaired) electrons. The van der Waals surface area contributed by atoms with Gasteiger partial charge < -0.3 is 38.5 Å². The van der Waals surface area contributed by atoms with Gasteiger partial charge in [-0.3, -0.25) is 14.7 Å². The van der Waals surface area contributed by atoms with Crippen LogP contribution < -0.4 is 19.7 Å². The number of anilines is 1. The van der Waals surface area contributed by atoms with Gasteiger partial charge in [-0.15, -0.1) is 0 Å². The van der Waals surface area contributed by atoms with Gasteiger partial charge in [-0.25, -0.2) is 18.5 Å². The Bertz CT molecular complexity index is 2340. The fraction of sp³-hybridized carbons (Fsp3) is 0.569. The van der Waals surface area contributed by atoms with E-state index in [1.807, 2.05) is 76.4 Å². The first kappa shape index (κ1) is 51.4. The van der Waals surface area contributed by atoms with Gasteiger partial charge in [0.2, 0.25) is 0 Å². The molecule has 1 aliphatic carbocycles. The second-order valence-corrected chi connectivity index (χ2v) is 21.3. The van der Waals surface area contributed by atoms with Crippen LogP contribution in [0.5, 0.6) is 5.75 Å². The van der Waals surface area contributed by atoms with E-state index in [9.17, 15) is 18.6 Å². The summed E-state index contributed by atoms with van der Waals surface area (Å²) in [4.78, 5) is 49.0. The molecule has 1 amide bonds. The third kappa shape index (κ3) is 13.6. The van der Waals surface area contributed by atoms with Crippen LogP contribution in [0.25, 0.3) is 22.2 Å². The lowest BCUT2D eigenvalue weighted by Crippen LogP contribution is -2.57. The maximum absolute atomic E-state index is 13.6. The summed E-state index contributed by atoms with van der Waals surface area (Å²) in [5, 5.41) is 3.66. The highest BCUT2D eigenvalue weighted by Gasteiger charge is 2.36. The minimum atomic E-state index is -1.63. The molecule has 0 spiro atoms. The van der Waals surface area contributed by atoms with E-state index in [1.165, 1.54) is 19.8 Å². The van der Waals surface area contributed by atoms with E-state index in [0.717, 1.165) is 76.9 Å². The van der Waals surface area contributed by atoms with Crippen LogP contribution in [-0.2, 0) is 59.1 Å². The van der Waals surface area contributed by atoms with Crippen LogP contribution in [0.4, 0.5) is 10.5 Å². The van der Waals surface area contributed by atoms with Crippen molar-refractivity contribution in [1.82, 2.24) is 24.5 Å². The fourth-order valence-corrected chi connectivity index (χ4v) is 9.42. The summed E-state index contributed by atoms with van der Waals surface area (Å²) in [6, 6.07) is 16.1. The Hall–Kier alpha value is -5.03. The van der Waals surface area contributed by atoms with Crippen LogP contribution in [0.15, 0.2) is 60.8 Å². The maximum atomic E-state index is 13.6. The number of alkyl carbamates (subject to hydrolysis) is 1. The lowest BCUT2D eigenvalue weighted by molar-refractivity contribution is -0.146. The number of carbonyl (C=O) groups excluding carboxylic acids is 3. The molecule has 0 bridgehead atoms. The number of aryl methyl sites for hydroxylation is 1. The molecule has 1 aliphatic heterocycles. The van der Waals surface area contributed by atoms with Crippen LogP contribution in [0, 0.1) is 5.41 Å². The first-order valence-corrected chi connectivity index (χ1v) is 24.8. The number of amides is 1. The quantitative estimate of drug-likeness (QED) is 0.0580. The number of piperazine rings is 1. The monoisotopic (exact) mass is 945 g/mol. The lowest BCUT2D eigenvalue weighted by atomic mass is 9.84. The molecule has 2 aromatic carbocycles. The van der Waals surface area contributed by atoms with Crippen molar-refractivity contribution >= 4 is 45.6 Å². The summed E-state index contributed by atoms with van der Waals surface area (Å²) in [5.74, 6) is -0.450. The van der Waals surface area contributed by atoms with Gasteiger partial charge in [-0.05, 0) is 96.2 Å². The molecule has 67 heavy (non-hydrogen) atoms. The Morgan fingerprint density at radius 3 is 2.28 bits per heavy atom. The number of aromatic nitrogens is 2. The van der Waals surface area contributed by atoms with E-state index in [1.54, 1.807) is 14.0 Å². The van der Waals surface area contributed by atoms with E-state index in [4.69, 9.17) is 28.7 Å². The van der Waals surface area contributed by atoms with Gasteiger partial charge >= 0.3 is 18.0 Å². The molecular formula is C51H72N6O9S. The number of carbonyl (C=O) groups is 3. The number of hydrogen-bond donors (Lipinski definition) is 2. The second kappa shape index (κ2) is 22.8. The first-order valence-electron chi connectivity index (χ1n) is 23.7. The number of fused-ring (bicyclic) bond motifs is 1. The fourth-order valence-electron chi connectivity index (χ4n) is 8.54. The zero-order chi connectivity index (χ0) is 48.5. The normalized spacial score (nSPS) is 16.5. The van der Waals surface area contributed by atoms with Crippen LogP contribution >= 0.6 is 0 Å². The summed E-state index contributed by atoms with van der Waals surface area (Å²) < 4.78 is 47.3. The van der Waals surface area contributed by atoms with Crippen molar-refractivity contribution in [2.75, 3.05) is 58.0 Å². The molecule has 1 saturated carbocycles. The number of esters is 2. The molecule has 2 aliphatic rings. The highest BCUT2D eigenvalue weighted by atomic mass is 32.2. The van der Waals surface area contributed by atoms with Crippen LogP contribution in [-0.4, -0.2) is 113 Å². The number of rotatable bonds is 22. The number of ether oxygens (including phenoxy) is 5. The highest BCUT2D eigenvalue weighted by Crippen LogP contribution is 2.43. The number of benzene rings is 2. The van der Waals surface area contributed by atoms with E-state index < -0.39 is 45.3 Å². The van der Waals surface area contributed by atoms with Gasteiger partial charge in [0.1, 0.15) is 18.4 Å². The summed E-state index contributed by atoms with van der Waals surface area (Å²) in [6.45, 7) is 21.9. The summed E-state index contributed by atoms with van der Waals surface area (Å²) in [5.41, 5.74) is 6.28. The molecule has 16 heteroatoms. The molecular weight excluding hydrogens is 873 g/mol. The topological polar surface area (TPSA) is 163 Å². The minimum Gasteiger partial charge on any atom is -0.494 e. The van der Waals surface area contributed by atoms with Crippen LogP contribution in [0.1, 0.15) is 105 Å². The first-order chi connectivity index (χ1) is 31.9. The summed E-state index contributed by atoms with van der Waals surface area (Å²) >= 11 is 0. The van der Waals surface area contributed by atoms with Gasteiger partial charge in [0, 0.05) is 81.1 Å². The van der Waals surface area contributed by atoms with E-state index in [2.05, 4.69) is 57.3 Å². The molecule has 15 nitrogen and oxygen atoms in total. The largest absolute Gasteiger partial charge is 0.494 e. The minimum absolute atomic E-state index is 0.00344. The number of hydrogen-bond acceptors (Lipinski definition) is 12. The Morgan fingerprint density at radius 2 is 1.66 bits per heavy atom. The van der Waals surface area contributed by atoms with Crippen molar-refractivity contribution in [1.29, 1.82) is 0 Å². The van der Waals surface area contributed by atoms with Crippen molar-refractivity contribution in [2.45, 2.75) is 130 Å². The van der Waals surface area contributed by atoms with Gasteiger partial charge in [-0.2, -0.15) is 0 Å². The average molecular weight is 945 g/mol. The third-order valence-electron chi connectivity index (χ3n) is 12.4. The van der Waals surface area contributed by atoms with Crippen molar-refractivity contribution in [3.63, 3.8) is 0 Å². The third-order valence-corrected chi connectivity index (χ3v) is 14.0. The maximum Gasteiger partial charge on any atom is 0.408 e. The Kier molecular flexibility index (Phi) is 17.5. The van der Waals surface area contributed by atoms with Crippen molar-refractivity contribution in [3.8, 4) is 17.0 Å². The SMILES string of the molecule is CCOC(=O)[C@@H](NC(=O)OCc1ccccc1)[C@@H](CCOc1ccc2c(c1)c(CC(C)(C)COC(C)=O)c(-c1cc(N3CCN(C4CC4)CC3)cnc1[C@H](C)OC)n2CC)N[S@](=O)C(C)(C)C. The summed E-state index contributed by atoms with van der Waals surface area (Å²) in [6.07, 6.45) is 4.17. The van der Waals surface area contributed by atoms with Gasteiger partial charge in [0.15, 0.2) is 0 Å². The van der Waals surface area contributed by atoms with Crippen molar-refractivity contribution in [3.05, 3.63) is 77.6 Å². The van der Waals surface area contributed by atoms with Crippen molar-refractivity contribution < 1.29 is 42.3 Å². The molecule has 4 aromatic rings. The molecule has 0 unspecified atom stereocenters. The molecule has 2 fully saturated rings. The van der Waals surface area contributed by atoms with Gasteiger partial charge in [-0.1, -0.05) is 44.2 Å². The van der Waals surface area contributed by atoms with Crippen LogP contribution in [0.3, 0.4) is 0 Å². The van der Waals surface area contributed by atoms with E-state index in [0.29, 0.717) is 18.7 Å². The van der Waals surface area contributed by atoms with Crippen LogP contribution in [0.2, 0.25) is 0 Å². The number of nitrogens with zero attached hydrogens (tertiary/aromatic N) is 4. The number of nitrogens with one attached hydrogen (secondary N) is 2. The second-order valence-electron chi connectivity index (χ2n) is 19.3. The predicted molar refractivity (Wildman–Crippen MR) is 262 cm³/mol. The number of pyridine rings is 1. The smallest absolute Gasteiger partial charge is 0.408 e. The molecule has 6 rings (SSSR count). The molecule has 2 N–H and O–H groups in total. The zero-order valence-corrected chi connectivity index (χ0v) is 42.0. The Morgan fingerprint density at radius 1 is 0.940 bits per heavy atom. The molecule has 366 valence electrons. The molecule has 1 saturated heterocycles. The Labute approximate surface area is 399 Å². The van der Waals surface area contributed by atoms with Crippen molar-refractivity contribution in [2.24, 2.45) is 5.41 Å². The van der Waals surface area contributed by atoms with Gasteiger partial charge in [0.05, 0.1) is 71.0 Å².